The fourth-order valence-electron chi connectivity index (χ4n) is 4.85. The molecule has 176 valence electrons. The molecular formula is C24H32N6O3. The van der Waals surface area contributed by atoms with Gasteiger partial charge in [-0.25, -0.2) is 14.8 Å². The highest BCUT2D eigenvalue weighted by Crippen LogP contribution is 2.35. The predicted molar refractivity (Wildman–Crippen MR) is 126 cm³/mol. The molecule has 1 aromatic carbocycles. The van der Waals surface area contributed by atoms with Crippen molar-refractivity contribution in [2.75, 3.05) is 36.5 Å². The van der Waals surface area contributed by atoms with Crippen molar-refractivity contribution in [3.8, 4) is 11.3 Å². The van der Waals surface area contributed by atoms with Crippen LogP contribution in [0.5, 0.6) is 0 Å². The number of hydrogen-bond donors (Lipinski definition) is 3. The Bertz CT molecular complexity index is 1000. The van der Waals surface area contributed by atoms with Crippen LogP contribution in [-0.4, -0.2) is 70.5 Å². The number of rotatable bonds is 6. The first kappa shape index (κ1) is 22.1. The summed E-state index contributed by atoms with van der Waals surface area (Å²) in [6.07, 6.45) is 2.78. The molecule has 2 amide bonds. The summed E-state index contributed by atoms with van der Waals surface area (Å²) in [5.74, 6) is 0.792. The van der Waals surface area contributed by atoms with Gasteiger partial charge in [-0.3, -0.25) is 4.90 Å². The second kappa shape index (κ2) is 9.24. The molecule has 2 saturated heterocycles. The zero-order valence-corrected chi connectivity index (χ0v) is 19.3. The molecule has 4 heterocycles. The van der Waals surface area contributed by atoms with Crippen LogP contribution in [0.25, 0.3) is 11.3 Å². The van der Waals surface area contributed by atoms with E-state index in [0.717, 1.165) is 61.9 Å². The molecule has 0 spiro atoms. The van der Waals surface area contributed by atoms with Crippen LogP contribution in [0.4, 0.5) is 16.4 Å². The smallest absolute Gasteiger partial charge is 0.319 e. The summed E-state index contributed by atoms with van der Waals surface area (Å²) >= 11 is 0. The minimum atomic E-state index is -0.337. The van der Waals surface area contributed by atoms with Crippen molar-refractivity contribution < 1.29 is 14.6 Å². The molecule has 3 N–H and O–H groups in total. The van der Waals surface area contributed by atoms with Crippen LogP contribution in [0.1, 0.15) is 37.9 Å². The SMILES string of the molecule is CC(C)N1Cc2nc(N3CC4CCC(C3)O4)nc(-c3ccc(NC(=O)NCCO)cc3)c2C1. The van der Waals surface area contributed by atoms with E-state index >= 15 is 0 Å². The molecule has 0 radical (unpaired) electrons. The third-order valence-corrected chi connectivity index (χ3v) is 6.67. The number of nitrogens with one attached hydrogen (secondary N) is 2. The van der Waals surface area contributed by atoms with E-state index in [0.29, 0.717) is 11.7 Å². The Morgan fingerprint density at radius 2 is 1.88 bits per heavy atom. The van der Waals surface area contributed by atoms with Gasteiger partial charge in [-0.05, 0) is 38.8 Å². The Morgan fingerprint density at radius 3 is 2.55 bits per heavy atom. The molecule has 2 fully saturated rings. The van der Waals surface area contributed by atoms with E-state index < -0.39 is 0 Å². The Morgan fingerprint density at radius 1 is 1.15 bits per heavy atom. The number of aliphatic hydroxyl groups excluding tert-OH is 1. The number of nitrogens with zero attached hydrogens (tertiary/aromatic N) is 4. The van der Waals surface area contributed by atoms with Crippen LogP contribution < -0.4 is 15.5 Å². The summed E-state index contributed by atoms with van der Waals surface area (Å²) in [4.78, 5) is 26.7. The normalized spacial score (nSPS) is 22.0. The number of aromatic nitrogens is 2. The summed E-state index contributed by atoms with van der Waals surface area (Å²) in [6.45, 7) is 7.89. The number of urea groups is 1. The maximum atomic E-state index is 11.9. The number of carbonyl (C=O) groups is 1. The third kappa shape index (κ3) is 4.66. The molecule has 9 nitrogen and oxygen atoms in total. The molecule has 2 unspecified atom stereocenters. The predicted octanol–water partition coefficient (Wildman–Crippen LogP) is 2.35. The van der Waals surface area contributed by atoms with E-state index in [1.165, 1.54) is 5.56 Å². The van der Waals surface area contributed by atoms with Crippen molar-refractivity contribution in [3.63, 3.8) is 0 Å². The highest BCUT2D eigenvalue weighted by molar-refractivity contribution is 5.89. The molecule has 33 heavy (non-hydrogen) atoms. The first-order valence-corrected chi connectivity index (χ1v) is 11.8. The third-order valence-electron chi connectivity index (χ3n) is 6.67. The first-order valence-electron chi connectivity index (χ1n) is 11.8. The van der Waals surface area contributed by atoms with Crippen LogP contribution in [-0.2, 0) is 17.8 Å². The Balaban J connectivity index is 1.43. The number of morpholine rings is 1. The van der Waals surface area contributed by atoms with Gasteiger partial charge in [-0.2, -0.15) is 0 Å². The average molecular weight is 453 g/mol. The van der Waals surface area contributed by atoms with Gasteiger partial charge in [-0.15, -0.1) is 0 Å². The molecule has 0 aliphatic carbocycles. The summed E-state index contributed by atoms with van der Waals surface area (Å²) in [5, 5.41) is 14.2. The van der Waals surface area contributed by atoms with Gasteiger partial charge in [0.25, 0.3) is 0 Å². The van der Waals surface area contributed by atoms with Crippen LogP contribution in [0.3, 0.4) is 0 Å². The second-order valence-electron chi connectivity index (χ2n) is 9.34. The van der Waals surface area contributed by atoms with Crippen molar-refractivity contribution in [2.24, 2.45) is 0 Å². The number of aliphatic hydroxyl groups is 1. The van der Waals surface area contributed by atoms with Gasteiger partial charge in [0.05, 0.1) is 30.2 Å². The largest absolute Gasteiger partial charge is 0.395 e. The van der Waals surface area contributed by atoms with Crippen molar-refractivity contribution in [2.45, 2.75) is 58.0 Å². The van der Waals surface area contributed by atoms with E-state index in [9.17, 15) is 4.79 Å². The highest BCUT2D eigenvalue weighted by Gasteiger charge is 2.36. The number of hydrogen-bond acceptors (Lipinski definition) is 7. The number of benzene rings is 1. The Hall–Kier alpha value is -2.75. The van der Waals surface area contributed by atoms with Gasteiger partial charge >= 0.3 is 6.03 Å². The van der Waals surface area contributed by atoms with Crippen LogP contribution >= 0.6 is 0 Å². The van der Waals surface area contributed by atoms with Crippen molar-refractivity contribution >= 4 is 17.7 Å². The summed E-state index contributed by atoms with van der Waals surface area (Å²) in [7, 11) is 0. The van der Waals surface area contributed by atoms with Crippen molar-refractivity contribution in [1.82, 2.24) is 20.2 Å². The molecule has 1 aromatic heterocycles. The fraction of sp³-hybridized carbons (Fsp3) is 0.542. The molecule has 2 bridgehead atoms. The second-order valence-corrected chi connectivity index (χ2v) is 9.34. The standard InChI is InChI=1S/C24H32N6O3/c1-15(2)29-13-20-21(14-29)27-23(30-11-18-7-8-19(12-30)33-18)28-22(20)16-3-5-17(6-4-16)26-24(32)25-9-10-31/h3-6,15,18-19,31H,7-14H2,1-2H3,(H2,25,26,32). The quantitative estimate of drug-likeness (QED) is 0.618. The fourth-order valence-corrected chi connectivity index (χ4v) is 4.85. The van der Waals surface area contributed by atoms with Gasteiger partial charge in [0.15, 0.2) is 0 Å². The summed E-state index contributed by atoms with van der Waals surface area (Å²) < 4.78 is 6.02. The maximum Gasteiger partial charge on any atom is 0.319 e. The topological polar surface area (TPSA) is 103 Å². The van der Waals surface area contributed by atoms with Crippen molar-refractivity contribution in [3.05, 3.63) is 35.5 Å². The maximum absolute atomic E-state index is 11.9. The Kier molecular flexibility index (Phi) is 6.18. The van der Waals surface area contributed by atoms with E-state index in [1.807, 2.05) is 24.3 Å². The van der Waals surface area contributed by atoms with E-state index in [-0.39, 0.29) is 31.4 Å². The van der Waals surface area contributed by atoms with Crippen LogP contribution in [0, 0.1) is 0 Å². The van der Waals surface area contributed by atoms with Gasteiger partial charge in [0, 0.05) is 55.6 Å². The van der Waals surface area contributed by atoms with E-state index in [4.69, 9.17) is 19.8 Å². The molecule has 3 aliphatic heterocycles. The summed E-state index contributed by atoms with van der Waals surface area (Å²) in [5.41, 5.74) is 4.96. The number of ether oxygens (including phenoxy) is 1. The average Bonchev–Trinajstić information content (AvgIpc) is 3.40. The lowest BCUT2D eigenvalue weighted by Gasteiger charge is -2.32. The molecule has 9 heteroatoms. The number of fused-ring (bicyclic) bond motifs is 3. The lowest BCUT2D eigenvalue weighted by molar-refractivity contribution is 0.0299. The van der Waals surface area contributed by atoms with Crippen LogP contribution in [0.15, 0.2) is 24.3 Å². The molecule has 5 rings (SSSR count). The highest BCUT2D eigenvalue weighted by atomic mass is 16.5. The molecular weight excluding hydrogens is 420 g/mol. The zero-order chi connectivity index (χ0) is 22.9. The lowest BCUT2D eigenvalue weighted by atomic mass is 10.1. The molecule has 2 atom stereocenters. The number of carbonyl (C=O) groups excluding carboxylic acids is 1. The minimum Gasteiger partial charge on any atom is -0.395 e. The van der Waals surface area contributed by atoms with Gasteiger partial charge in [0.1, 0.15) is 0 Å². The lowest BCUT2D eigenvalue weighted by Crippen LogP contribution is -2.43. The number of anilines is 2. The Labute approximate surface area is 194 Å². The first-order chi connectivity index (χ1) is 16.0. The monoisotopic (exact) mass is 452 g/mol. The molecule has 3 aliphatic rings. The zero-order valence-electron chi connectivity index (χ0n) is 19.3. The minimum absolute atomic E-state index is 0.0917. The molecule has 0 saturated carbocycles. The van der Waals surface area contributed by atoms with Gasteiger partial charge in [-0.1, -0.05) is 12.1 Å². The number of amides is 2. The van der Waals surface area contributed by atoms with E-state index in [1.54, 1.807) is 0 Å². The van der Waals surface area contributed by atoms with Gasteiger partial charge < -0.3 is 25.4 Å². The van der Waals surface area contributed by atoms with Gasteiger partial charge in [0.2, 0.25) is 5.95 Å². The van der Waals surface area contributed by atoms with Crippen LogP contribution in [0.2, 0.25) is 0 Å². The summed E-state index contributed by atoms with van der Waals surface area (Å²) in [6, 6.07) is 7.85. The van der Waals surface area contributed by atoms with E-state index in [2.05, 4.69) is 34.3 Å². The molecule has 2 aromatic rings. The van der Waals surface area contributed by atoms with Crippen molar-refractivity contribution in [1.29, 1.82) is 0 Å².